The third-order valence-electron chi connectivity index (χ3n) is 4.97. The van der Waals surface area contributed by atoms with Crippen LogP contribution < -0.4 is 4.90 Å². The molecule has 3 aromatic rings. The van der Waals surface area contributed by atoms with Crippen LogP contribution in [0.15, 0.2) is 41.8 Å². The number of aromatic nitrogens is 4. The van der Waals surface area contributed by atoms with E-state index in [2.05, 4.69) is 36.2 Å². The molecule has 0 aliphatic heterocycles. The second-order valence-electron chi connectivity index (χ2n) is 7.44. The van der Waals surface area contributed by atoms with Crippen LogP contribution in [0.1, 0.15) is 48.9 Å². The summed E-state index contributed by atoms with van der Waals surface area (Å²) >= 11 is 3.11. The van der Waals surface area contributed by atoms with Crippen molar-refractivity contribution in [3.8, 4) is 0 Å². The number of carbonyl (C=O) groups excluding carboxylic acids is 1. The molecular weight excluding hydrogens is 402 g/mol. The van der Waals surface area contributed by atoms with Crippen LogP contribution >= 0.6 is 23.1 Å². The van der Waals surface area contributed by atoms with Gasteiger partial charge in [0.1, 0.15) is 6.33 Å². The number of thioether (sulfide) groups is 1. The molecule has 0 saturated carbocycles. The van der Waals surface area contributed by atoms with E-state index in [0.717, 1.165) is 28.7 Å². The number of fused-ring (bicyclic) bond motifs is 1. The van der Waals surface area contributed by atoms with E-state index in [0.29, 0.717) is 12.3 Å². The lowest BCUT2D eigenvalue weighted by Gasteiger charge is -2.20. The van der Waals surface area contributed by atoms with Gasteiger partial charge >= 0.3 is 0 Å². The molecule has 1 aliphatic rings. The summed E-state index contributed by atoms with van der Waals surface area (Å²) in [5.41, 5.74) is 2.28. The molecule has 152 valence electrons. The number of amides is 1. The number of carbonyl (C=O) groups is 1. The van der Waals surface area contributed by atoms with E-state index in [9.17, 15) is 4.79 Å². The Labute approximate surface area is 179 Å². The summed E-state index contributed by atoms with van der Waals surface area (Å²) in [6, 6.07) is 10.4. The number of benzene rings is 1. The van der Waals surface area contributed by atoms with E-state index in [-0.39, 0.29) is 11.9 Å². The zero-order chi connectivity index (χ0) is 20.2. The Kier molecular flexibility index (Phi) is 6.30. The molecule has 0 spiro atoms. The van der Waals surface area contributed by atoms with E-state index in [1.54, 1.807) is 17.7 Å². The predicted molar refractivity (Wildman–Crippen MR) is 118 cm³/mol. The highest BCUT2D eigenvalue weighted by molar-refractivity contribution is 7.99. The quantitative estimate of drug-likeness (QED) is 0.519. The zero-order valence-corrected chi connectivity index (χ0v) is 18.4. The summed E-state index contributed by atoms with van der Waals surface area (Å²) in [6.07, 6.45) is 6.21. The highest BCUT2D eigenvalue weighted by Crippen LogP contribution is 2.33. The van der Waals surface area contributed by atoms with Crippen LogP contribution in [-0.4, -0.2) is 31.4 Å². The zero-order valence-electron chi connectivity index (χ0n) is 16.7. The number of aryl methyl sites for hydroxylation is 2. The molecule has 1 aromatic carbocycles. The molecule has 2 aromatic heterocycles. The summed E-state index contributed by atoms with van der Waals surface area (Å²) in [4.78, 5) is 21.3. The first kappa shape index (κ1) is 20.1. The number of anilines is 1. The van der Waals surface area contributed by atoms with Gasteiger partial charge in [-0.15, -0.1) is 21.5 Å². The molecule has 1 amide bonds. The summed E-state index contributed by atoms with van der Waals surface area (Å²) in [6.45, 7) is 4.69. The van der Waals surface area contributed by atoms with Crippen LogP contribution in [0.25, 0.3) is 0 Å². The van der Waals surface area contributed by atoms with Gasteiger partial charge in [-0.3, -0.25) is 9.69 Å². The Morgan fingerprint density at radius 1 is 1.24 bits per heavy atom. The summed E-state index contributed by atoms with van der Waals surface area (Å²) in [5.74, 6) is 0.353. The van der Waals surface area contributed by atoms with Crippen LogP contribution in [0.3, 0.4) is 0 Å². The van der Waals surface area contributed by atoms with Crippen molar-refractivity contribution in [3.63, 3.8) is 0 Å². The van der Waals surface area contributed by atoms with Gasteiger partial charge in [-0.1, -0.05) is 42.1 Å². The number of hydrogen-bond acceptors (Lipinski definition) is 6. The minimum atomic E-state index is 0.0447. The first-order valence-electron chi connectivity index (χ1n) is 9.97. The maximum absolute atomic E-state index is 13.3. The van der Waals surface area contributed by atoms with Gasteiger partial charge in [0.15, 0.2) is 10.3 Å². The van der Waals surface area contributed by atoms with Gasteiger partial charge < -0.3 is 4.57 Å². The third-order valence-corrected chi connectivity index (χ3v) is 7.09. The second-order valence-corrected chi connectivity index (χ2v) is 9.45. The number of thiazole rings is 1. The predicted octanol–water partition coefficient (Wildman–Crippen LogP) is 4.52. The first-order chi connectivity index (χ1) is 14.1. The Balaban J connectivity index is 1.55. The van der Waals surface area contributed by atoms with Crippen molar-refractivity contribution < 1.29 is 4.79 Å². The van der Waals surface area contributed by atoms with Crippen LogP contribution in [0.2, 0.25) is 0 Å². The van der Waals surface area contributed by atoms with E-state index < -0.39 is 0 Å². The lowest BCUT2D eigenvalue weighted by atomic mass is 10.0. The maximum Gasteiger partial charge on any atom is 0.239 e. The van der Waals surface area contributed by atoms with Gasteiger partial charge in [-0.05, 0) is 45.1 Å². The average molecular weight is 428 g/mol. The maximum atomic E-state index is 13.3. The van der Waals surface area contributed by atoms with Crippen molar-refractivity contribution in [3.05, 3.63) is 52.8 Å². The summed E-state index contributed by atoms with van der Waals surface area (Å²) < 4.78 is 1.99. The molecule has 0 atom stereocenters. The van der Waals surface area contributed by atoms with Crippen molar-refractivity contribution >= 4 is 34.1 Å². The van der Waals surface area contributed by atoms with E-state index >= 15 is 0 Å². The minimum Gasteiger partial charge on any atom is -0.306 e. The largest absolute Gasteiger partial charge is 0.306 e. The molecule has 0 N–H and O–H groups in total. The molecule has 0 fully saturated rings. The topological polar surface area (TPSA) is 63.9 Å². The number of rotatable bonds is 7. The van der Waals surface area contributed by atoms with Crippen LogP contribution in [-0.2, 0) is 24.2 Å². The smallest absolute Gasteiger partial charge is 0.239 e. The van der Waals surface area contributed by atoms with E-state index in [4.69, 9.17) is 4.98 Å². The van der Waals surface area contributed by atoms with Crippen LogP contribution in [0, 0.1) is 0 Å². The first-order valence-corrected chi connectivity index (χ1v) is 11.8. The Hall–Kier alpha value is -2.19. The lowest BCUT2D eigenvalue weighted by Crippen LogP contribution is -2.32. The molecule has 1 aliphatic carbocycles. The third kappa shape index (κ3) is 4.70. The van der Waals surface area contributed by atoms with Crippen molar-refractivity contribution in [2.45, 2.75) is 57.3 Å². The Bertz CT molecular complexity index is 943. The standard InChI is InChI=1S/C21H25N5OS2/c1-15(2)26-14-22-24-21(26)28-13-19(27)25(12-16-8-4-3-5-9-16)20-23-17-10-6-7-11-18(17)29-20/h3-5,8-9,14-15H,6-7,10-13H2,1-2H3. The average Bonchev–Trinajstić information content (AvgIpc) is 3.37. The van der Waals surface area contributed by atoms with E-state index in [1.165, 1.54) is 35.2 Å². The highest BCUT2D eigenvalue weighted by Gasteiger charge is 2.24. The van der Waals surface area contributed by atoms with Crippen LogP contribution in [0.5, 0.6) is 0 Å². The van der Waals surface area contributed by atoms with Gasteiger partial charge in [0.25, 0.3) is 0 Å². The molecule has 0 unspecified atom stereocenters. The molecule has 29 heavy (non-hydrogen) atoms. The lowest BCUT2D eigenvalue weighted by molar-refractivity contribution is -0.116. The van der Waals surface area contributed by atoms with Crippen LogP contribution in [0.4, 0.5) is 5.13 Å². The Morgan fingerprint density at radius 3 is 2.79 bits per heavy atom. The summed E-state index contributed by atoms with van der Waals surface area (Å²) in [5, 5.41) is 9.75. The molecule has 2 heterocycles. The second kappa shape index (κ2) is 9.09. The molecule has 8 heteroatoms. The fourth-order valence-corrected chi connectivity index (χ4v) is 5.46. The Morgan fingerprint density at radius 2 is 2.03 bits per heavy atom. The van der Waals surface area contributed by atoms with Gasteiger partial charge in [0.2, 0.25) is 5.91 Å². The van der Waals surface area contributed by atoms with Crippen molar-refractivity contribution in [1.82, 2.24) is 19.7 Å². The van der Waals surface area contributed by atoms with Gasteiger partial charge in [0, 0.05) is 10.9 Å². The monoisotopic (exact) mass is 427 g/mol. The molecule has 4 rings (SSSR count). The van der Waals surface area contributed by atoms with E-state index in [1.807, 2.05) is 27.7 Å². The van der Waals surface area contributed by atoms with Crippen molar-refractivity contribution in [1.29, 1.82) is 0 Å². The molecule has 6 nitrogen and oxygen atoms in total. The molecular formula is C21H25N5OS2. The van der Waals surface area contributed by atoms with Gasteiger partial charge in [-0.2, -0.15) is 0 Å². The highest BCUT2D eigenvalue weighted by atomic mass is 32.2. The van der Waals surface area contributed by atoms with Crippen molar-refractivity contribution in [2.24, 2.45) is 0 Å². The van der Waals surface area contributed by atoms with Gasteiger partial charge in [-0.25, -0.2) is 4.98 Å². The SMILES string of the molecule is CC(C)n1cnnc1SCC(=O)N(Cc1ccccc1)c1nc2c(s1)CCCC2. The summed E-state index contributed by atoms with van der Waals surface area (Å²) in [7, 11) is 0. The number of hydrogen-bond donors (Lipinski definition) is 0. The number of nitrogens with zero attached hydrogens (tertiary/aromatic N) is 5. The minimum absolute atomic E-state index is 0.0447. The fraction of sp³-hybridized carbons (Fsp3) is 0.429. The molecule has 0 bridgehead atoms. The fourth-order valence-electron chi connectivity index (χ4n) is 3.38. The van der Waals surface area contributed by atoms with Gasteiger partial charge in [0.05, 0.1) is 18.0 Å². The molecule has 0 saturated heterocycles. The van der Waals surface area contributed by atoms with Crippen molar-refractivity contribution in [2.75, 3.05) is 10.7 Å². The molecule has 0 radical (unpaired) electrons. The normalized spacial score (nSPS) is 13.5.